The summed E-state index contributed by atoms with van der Waals surface area (Å²) < 4.78 is 0. The molecule has 0 saturated carbocycles. The van der Waals surface area contributed by atoms with Gasteiger partial charge in [0.15, 0.2) is 0 Å². The summed E-state index contributed by atoms with van der Waals surface area (Å²) in [5, 5.41) is 11.5. The molecule has 0 amide bonds. The normalized spacial score (nSPS) is 14.1. The van der Waals surface area contributed by atoms with Crippen LogP contribution in [0.2, 0.25) is 0 Å². The van der Waals surface area contributed by atoms with Gasteiger partial charge in [-0.15, -0.1) is 0 Å². The van der Waals surface area contributed by atoms with Crippen LogP contribution in [0.1, 0.15) is 22.9 Å². The van der Waals surface area contributed by atoms with Crippen molar-refractivity contribution >= 4 is 43.7 Å². The lowest BCUT2D eigenvalue weighted by Crippen LogP contribution is -2.24. The molecule has 0 radical (unpaired) electrons. The first-order valence-electron chi connectivity index (χ1n) is 18.6. The Balaban J connectivity index is 0.992. The molecular weight excluding hydrogens is 653 g/mol. The zero-order chi connectivity index (χ0) is 35.8. The van der Waals surface area contributed by atoms with E-state index in [1.807, 2.05) is 6.07 Å². The van der Waals surface area contributed by atoms with E-state index in [-0.39, 0.29) is 6.17 Å². The smallest absolute Gasteiger partial charge is 0.145 e. The second-order valence-electron chi connectivity index (χ2n) is 14.0. The lowest BCUT2D eigenvalue weighted by molar-refractivity contribution is 0.664. The maximum absolute atomic E-state index is 5.22. The SMILES string of the molecule is C1=C(c2ccccc2)NC(c2cccc(-c3cccc(-c4cccc(-c5ccc6c7ccccc7c7ccccc7c6c5)c4)c3)c2)N=C1c1ccccc1. The number of fused-ring (bicyclic) bond motifs is 6. The number of benzene rings is 9. The summed E-state index contributed by atoms with van der Waals surface area (Å²) in [6.07, 6.45) is 1.93. The fraction of sp³-hybridized carbons (Fsp3) is 0.0192. The second-order valence-corrected chi connectivity index (χ2v) is 14.0. The number of rotatable bonds is 6. The Morgan fingerprint density at radius 1 is 0.315 bits per heavy atom. The van der Waals surface area contributed by atoms with Crippen molar-refractivity contribution in [1.82, 2.24) is 5.32 Å². The zero-order valence-corrected chi connectivity index (χ0v) is 29.7. The first-order valence-corrected chi connectivity index (χ1v) is 18.6. The molecule has 0 spiro atoms. The van der Waals surface area contributed by atoms with E-state index in [2.05, 4.69) is 206 Å². The zero-order valence-electron chi connectivity index (χ0n) is 29.7. The summed E-state index contributed by atoms with van der Waals surface area (Å²) in [6.45, 7) is 0. The van der Waals surface area contributed by atoms with Crippen LogP contribution in [0.25, 0.3) is 71.4 Å². The van der Waals surface area contributed by atoms with Crippen molar-refractivity contribution in [3.63, 3.8) is 0 Å². The van der Waals surface area contributed by atoms with Crippen molar-refractivity contribution in [3.8, 4) is 33.4 Å². The Morgan fingerprint density at radius 2 is 0.741 bits per heavy atom. The molecule has 2 heteroatoms. The van der Waals surface area contributed by atoms with Gasteiger partial charge in [-0.2, -0.15) is 0 Å². The van der Waals surface area contributed by atoms with Gasteiger partial charge in [0, 0.05) is 5.70 Å². The number of hydrogen-bond donors (Lipinski definition) is 1. The second kappa shape index (κ2) is 13.5. The van der Waals surface area contributed by atoms with Crippen LogP contribution in [-0.4, -0.2) is 5.71 Å². The van der Waals surface area contributed by atoms with Crippen molar-refractivity contribution in [3.05, 3.63) is 223 Å². The van der Waals surface area contributed by atoms with Gasteiger partial charge in [0.05, 0.1) is 5.71 Å². The molecule has 0 aromatic heterocycles. The van der Waals surface area contributed by atoms with Crippen molar-refractivity contribution in [2.24, 2.45) is 4.99 Å². The van der Waals surface area contributed by atoms with Gasteiger partial charge in [0.1, 0.15) is 6.17 Å². The molecule has 1 heterocycles. The van der Waals surface area contributed by atoms with Gasteiger partial charge in [-0.3, -0.25) is 4.99 Å². The Labute approximate surface area is 315 Å². The van der Waals surface area contributed by atoms with E-state index < -0.39 is 0 Å². The minimum Gasteiger partial charge on any atom is -0.360 e. The third-order valence-corrected chi connectivity index (χ3v) is 10.7. The highest BCUT2D eigenvalue weighted by atomic mass is 15.1. The van der Waals surface area contributed by atoms with Gasteiger partial charge in [-0.25, -0.2) is 0 Å². The fourth-order valence-electron chi connectivity index (χ4n) is 7.98. The first-order chi connectivity index (χ1) is 26.7. The van der Waals surface area contributed by atoms with Crippen LogP contribution >= 0.6 is 0 Å². The van der Waals surface area contributed by atoms with Crippen LogP contribution in [0, 0.1) is 0 Å². The molecule has 9 aromatic rings. The van der Waals surface area contributed by atoms with E-state index in [0.717, 1.165) is 33.7 Å². The molecular formula is C52H36N2. The Morgan fingerprint density at radius 3 is 1.31 bits per heavy atom. The third kappa shape index (κ3) is 5.84. The molecule has 1 atom stereocenters. The molecule has 0 fully saturated rings. The number of nitrogens with zero attached hydrogens (tertiary/aromatic N) is 1. The minimum atomic E-state index is -0.225. The van der Waals surface area contributed by atoms with E-state index in [4.69, 9.17) is 4.99 Å². The first kappa shape index (κ1) is 31.7. The van der Waals surface area contributed by atoms with Gasteiger partial charge in [-0.1, -0.05) is 176 Å². The van der Waals surface area contributed by atoms with Gasteiger partial charge in [0.2, 0.25) is 0 Å². The molecule has 2 nitrogen and oxygen atoms in total. The van der Waals surface area contributed by atoms with Crippen molar-refractivity contribution in [2.75, 3.05) is 0 Å². The van der Waals surface area contributed by atoms with Gasteiger partial charge < -0.3 is 5.32 Å². The summed E-state index contributed by atoms with van der Waals surface area (Å²) in [6, 6.07) is 72.0. The van der Waals surface area contributed by atoms with E-state index in [1.165, 1.54) is 60.1 Å². The van der Waals surface area contributed by atoms with Gasteiger partial charge in [-0.05, 0) is 113 Å². The standard InChI is InChI=1S/C52H36N2/c1-3-14-35(15-4-1)50-34-51(36-16-5-2-6-17-36)54-52(53-50)43-23-13-22-41(32-43)39-20-11-18-37(30-39)38-19-12-21-40(31-38)42-28-29-48-46-26-8-7-24-44(46)45-25-9-10-27-47(45)49(48)33-42/h1-34,52-53H. The number of aliphatic imine (C=N–C) groups is 1. The minimum absolute atomic E-state index is 0.225. The Hall–Kier alpha value is -7.03. The molecule has 1 N–H and O–H groups in total. The van der Waals surface area contributed by atoms with E-state index >= 15 is 0 Å². The van der Waals surface area contributed by atoms with Crippen LogP contribution in [-0.2, 0) is 0 Å². The van der Waals surface area contributed by atoms with Gasteiger partial charge in [0.25, 0.3) is 0 Å². The lowest BCUT2D eigenvalue weighted by Gasteiger charge is -2.25. The summed E-state index contributed by atoms with van der Waals surface area (Å²) in [4.78, 5) is 5.22. The number of hydrogen-bond acceptors (Lipinski definition) is 2. The quantitative estimate of drug-likeness (QED) is 0.173. The van der Waals surface area contributed by atoms with Crippen molar-refractivity contribution < 1.29 is 0 Å². The average Bonchev–Trinajstić information content (AvgIpc) is 3.27. The molecule has 54 heavy (non-hydrogen) atoms. The summed E-state index contributed by atoms with van der Waals surface area (Å²) in [7, 11) is 0. The Bertz CT molecular complexity index is 2870. The average molecular weight is 689 g/mol. The van der Waals surface area contributed by atoms with E-state index in [0.29, 0.717) is 0 Å². The van der Waals surface area contributed by atoms with Crippen LogP contribution in [0.15, 0.2) is 211 Å². The molecule has 0 bridgehead atoms. The number of nitrogens with one attached hydrogen (secondary N) is 1. The Kier molecular flexibility index (Phi) is 7.92. The van der Waals surface area contributed by atoms with Crippen LogP contribution < -0.4 is 5.32 Å². The van der Waals surface area contributed by atoms with Crippen LogP contribution in [0.4, 0.5) is 0 Å². The molecule has 1 unspecified atom stereocenters. The molecule has 0 aliphatic carbocycles. The lowest BCUT2D eigenvalue weighted by atomic mass is 9.91. The highest BCUT2D eigenvalue weighted by Crippen LogP contribution is 2.38. The van der Waals surface area contributed by atoms with Crippen LogP contribution in [0.5, 0.6) is 0 Å². The summed E-state index contributed by atoms with van der Waals surface area (Å²) in [5.74, 6) is 0. The maximum atomic E-state index is 5.22. The largest absolute Gasteiger partial charge is 0.360 e. The fourth-order valence-corrected chi connectivity index (χ4v) is 7.98. The highest BCUT2D eigenvalue weighted by Gasteiger charge is 2.20. The predicted octanol–water partition coefficient (Wildman–Crippen LogP) is 13.3. The predicted molar refractivity (Wildman–Crippen MR) is 229 cm³/mol. The third-order valence-electron chi connectivity index (χ3n) is 10.7. The molecule has 9 aromatic carbocycles. The van der Waals surface area contributed by atoms with Crippen molar-refractivity contribution in [1.29, 1.82) is 0 Å². The molecule has 10 rings (SSSR count). The van der Waals surface area contributed by atoms with Crippen molar-refractivity contribution in [2.45, 2.75) is 6.17 Å². The van der Waals surface area contributed by atoms with E-state index in [9.17, 15) is 0 Å². The molecule has 1 aliphatic rings. The summed E-state index contributed by atoms with van der Waals surface area (Å²) >= 11 is 0. The topological polar surface area (TPSA) is 24.4 Å². The monoisotopic (exact) mass is 688 g/mol. The summed E-state index contributed by atoms with van der Waals surface area (Å²) in [5.41, 5.74) is 12.5. The number of allylic oxidation sites excluding steroid dienone is 1. The molecule has 1 aliphatic heterocycles. The maximum Gasteiger partial charge on any atom is 0.145 e. The molecule has 0 saturated heterocycles. The molecule has 254 valence electrons. The van der Waals surface area contributed by atoms with Gasteiger partial charge >= 0.3 is 0 Å². The highest BCUT2D eigenvalue weighted by molar-refractivity contribution is 6.25. The van der Waals surface area contributed by atoms with Crippen LogP contribution in [0.3, 0.4) is 0 Å². The van der Waals surface area contributed by atoms with E-state index in [1.54, 1.807) is 0 Å².